The van der Waals surface area contributed by atoms with Gasteiger partial charge in [0.25, 0.3) is 0 Å². The molecule has 3 unspecified atom stereocenters. The van der Waals surface area contributed by atoms with Gasteiger partial charge in [-0.1, -0.05) is 25.1 Å². The number of fused-ring (bicyclic) bond motifs is 1. The van der Waals surface area contributed by atoms with E-state index in [0.717, 1.165) is 32.0 Å². The Morgan fingerprint density at radius 1 is 1.30 bits per heavy atom. The highest BCUT2D eigenvalue weighted by Gasteiger charge is 2.37. The summed E-state index contributed by atoms with van der Waals surface area (Å²) in [5.74, 6) is 0.928. The number of methoxy groups -OCH3 is 1. The summed E-state index contributed by atoms with van der Waals surface area (Å²) in [6, 6.07) is 9.16. The van der Waals surface area contributed by atoms with Crippen molar-refractivity contribution in [3.63, 3.8) is 0 Å². The van der Waals surface area contributed by atoms with Gasteiger partial charge in [-0.15, -0.1) is 24.0 Å². The predicted octanol–water partition coefficient (Wildman–Crippen LogP) is 2.37. The van der Waals surface area contributed by atoms with Crippen LogP contribution >= 0.6 is 24.0 Å². The first-order valence-electron chi connectivity index (χ1n) is 9.43. The zero-order chi connectivity index (χ0) is 18.7. The lowest BCUT2D eigenvalue weighted by Gasteiger charge is -2.27. The summed E-state index contributed by atoms with van der Waals surface area (Å²) >= 11 is 0. The van der Waals surface area contributed by atoms with Crippen LogP contribution in [0.5, 0.6) is 0 Å². The molecule has 3 atom stereocenters. The number of anilines is 1. The maximum atomic E-state index is 11.9. The molecule has 1 N–H and O–H groups in total. The summed E-state index contributed by atoms with van der Waals surface area (Å²) < 4.78 is 4.93. The topological polar surface area (TPSA) is 57.2 Å². The summed E-state index contributed by atoms with van der Waals surface area (Å²) in [6.07, 6.45) is 1.11. The van der Waals surface area contributed by atoms with Crippen LogP contribution in [-0.4, -0.2) is 63.2 Å². The Bertz CT molecular complexity index is 682. The van der Waals surface area contributed by atoms with Crippen LogP contribution in [0.25, 0.3) is 0 Å². The number of halogens is 1. The third-order valence-corrected chi connectivity index (χ3v) is 5.61. The van der Waals surface area contributed by atoms with Gasteiger partial charge < -0.3 is 19.9 Å². The van der Waals surface area contributed by atoms with Crippen molar-refractivity contribution in [2.24, 2.45) is 16.8 Å². The fraction of sp³-hybridized carbons (Fsp3) is 0.600. The quantitative estimate of drug-likeness (QED) is 0.307. The zero-order valence-electron chi connectivity index (χ0n) is 16.6. The number of hydrogen-bond acceptors (Lipinski definition) is 4. The molecule has 0 bridgehead atoms. The number of rotatable bonds is 4. The highest BCUT2D eigenvalue weighted by Crippen LogP contribution is 2.31. The van der Waals surface area contributed by atoms with E-state index in [4.69, 9.17) is 4.74 Å². The van der Waals surface area contributed by atoms with Gasteiger partial charge in [0, 0.05) is 45.0 Å². The van der Waals surface area contributed by atoms with Crippen LogP contribution in [0.4, 0.5) is 5.69 Å². The summed E-state index contributed by atoms with van der Waals surface area (Å²) in [7, 11) is 3.26. The van der Waals surface area contributed by atoms with E-state index < -0.39 is 0 Å². The summed E-state index contributed by atoms with van der Waals surface area (Å²) in [5.41, 5.74) is 2.77. The van der Waals surface area contributed by atoms with E-state index in [1.54, 1.807) is 7.05 Å². The van der Waals surface area contributed by atoms with Crippen molar-refractivity contribution in [2.45, 2.75) is 26.3 Å². The number of carbonyl (C=O) groups is 1. The third kappa shape index (κ3) is 4.67. The van der Waals surface area contributed by atoms with E-state index in [1.807, 2.05) is 0 Å². The minimum absolute atomic E-state index is 0. The van der Waals surface area contributed by atoms with E-state index in [1.165, 1.54) is 18.4 Å². The molecule has 0 saturated carbocycles. The number of nitrogens with zero attached hydrogens (tertiary/aromatic N) is 3. The molecule has 27 heavy (non-hydrogen) atoms. The number of benzene rings is 1. The number of para-hydroxylation sites is 1. The molecule has 0 radical (unpaired) electrons. The van der Waals surface area contributed by atoms with Crippen LogP contribution in [0, 0.1) is 11.8 Å². The first-order chi connectivity index (χ1) is 12.5. The summed E-state index contributed by atoms with van der Waals surface area (Å²) in [4.78, 5) is 20.9. The number of ether oxygens (including phenoxy) is 1. The minimum Gasteiger partial charge on any atom is -0.469 e. The summed E-state index contributed by atoms with van der Waals surface area (Å²) in [6.45, 7) is 7.61. The van der Waals surface area contributed by atoms with E-state index in [0.29, 0.717) is 12.6 Å². The van der Waals surface area contributed by atoms with E-state index in [-0.39, 0.29) is 41.8 Å². The smallest absolute Gasteiger partial charge is 0.310 e. The fourth-order valence-corrected chi connectivity index (χ4v) is 4.19. The van der Waals surface area contributed by atoms with Crippen molar-refractivity contribution in [1.82, 2.24) is 10.2 Å². The van der Waals surface area contributed by atoms with Gasteiger partial charge in [0.05, 0.1) is 13.0 Å². The van der Waals surface area contributed by atoms with Crippen LogP contribution in [0.15, 0.2) is 29.3 Å². The lowest BCUT2D eigenvalue weighted by atomic mass is 9.99. The zero-order valence-corrected chi connectivity index (χ0v) is 19.0. The van der Waals surface area contributed by atoms with Crippen LogP contribution in [-0.2, 0) is 16.0 Å². The second kappa shape index (κ2) is 9.61. The number of esters is 1. The molecule has 6 nitrogen and oxygen atoms in total. The normalized spacial score (nSPS) is 24.4. The maximum Gasteiger partial charge on any atom is 0.310 e. The first kappa shape index (κ1) is 21.8. The van der Waals surface area contributed by atoms with Crippen molar-refractivity contribution in [2.75, 3.05) is 45.2 Å². The Morgan fingerprint density at radius 3 is 2.74 bits per heavy atom. The summed E-state index contributed by atoms with van der Waals surface area (Å²) in [5, 5.41) is 3.47. The van der Waals surface area contributed by atoms with Gasteiger partial charge in [-0.25, -0.2) is 0 Å². The molecule has 0 spiro atoms. The lowest BCUT2D eigenvalue weighted by molar-refractivity contribution is -0.145. The average molecular weight is 486 g/mol. The highest BCUT2D eigenvalue weighted by atomic mass is 127. The average Bonchev–Trinajstić information content (AvgIpc) is 3.18. The molecule has 0 aromatic heterocycles. The maximum absolute atomic E-state index is 11.9. The van der Waals surface area contributed by atoms with Crippen molar-refractivity contribution < 1.29 is 9.53 Å². The fourth-order valence-electron chi connectivity index (χ4n) is 4.19. The molecule has 1 saturated heterocycles. The molecule has 1 fully saturated rings. The van der Waals surface area contributed by atoms with Crippen molar-refractivity contribution in [3.05, 3.63) is 29.8 Å². The molecular formula is C20H31IN4O2. The van der Waals surface area contributed by atoms with E-state index in [2.05, 4.69) is 58.2 Å². The van der Waals surface area contributed by atoms with Gasteiger partial charge in [0.15, 0.2) is 5.96 Å². The Balaban J connectivity index is 0.00000261. The monoisotopic (exact) mass is 486 g/mol. The predicted molar refractivity (Wildman–Crippen MR) is 120 cm³/mol. The first-order valence-corrected chi connectivity index (χ1v) is 9.43. The number of hydrogen-bond donors (Lipinski definition) is 1. The van der Waals surface area contributed by atoms with Gasteiger partial charge in [-0.2, -0.15) is 0 Å². The van der Waals surface area contributed by atoms with Gasteiger partial charge in [-0.3, -0.25) is 9.79 Å². The number of likely N-dealkylation sites (tertiary alicyclic amines) is 1. The molecule has 0 amide bonds. The SMILES string of the molecule is CN=C(NCCN1c2ccccc2CC1C)N1CC(C)C(C(=O)OC)C1.I. The molecule has 1 aromatic carbocycles. The molecule has 2 aliphatic rings. The molecule has 0 aliphatic carbocycles. The van der Waals surface area contributed by atoms with Crippen molar-refractivity contribution >= 4 is 41.6 Å². The molecule has 2 heterocycles. The van der Waals surface area contributed by atoms with Crippen LogP contribution in [0.3, 0.4) is 0 Å². The Morgan fingerprint density at radius 2 is 2.04 bits per heavy atom. The van der Waals surface area contributed by atoms with Crippen LogP contribution < -0.4 is 10.2 Å². The Hall–Kier alpha value is -1.51. The lowest BCUT2D eigenvalue weighted by Crippen LogP contribution is -2.44. The van der Waals surface area contributed by atoms with Crippen LogP contribution in [0.1, 0.15) is 19.4 Å². The van der Waals surface area contributed by atoms with Crippen molar-refractivity contribution in [3.8, 4) is 0 Å². The van der Waals surface area contributed by atoms with Crippen LogP contribution in [0.2, 0.25) is 0 Å². The largest absolute Gasteiger partial charge is 0.469 e. The molecular weight excluding hydrogens is 455 g/mol. The Labute approximate surface area is 179 Å². The van der Waals surface area contributed by atoms with Crippen molar-refractivity contribution in [1.29, 1.82) is 0 Å². The molecule has 3 rings (SSSR count). The van der Waals surface area contributed by atoms with Gasteiger partial charge in [-0.05, 0) is 30.9 Å². The van der Waals surface area contributed by atoms with Gasteiger partial charge >= 0.3 is 5.97 Å². The van der Waals surface area contributed by atoms with Gasteiger partial charge in [0.2, 0.25) is 0 Å². The van der Waals surface area contributed by atoms with E-state index in [9.17, 15) is 4.79 Å². The second-order valence-electron chi connectivity index (χ2n) is 7.36. The van der Waals surface area contributed by atoms with E-state index >= 15 is 0 Å². The molecule has 1 aromatic rings. The highest BCUT2D eigenvalue weighted by molar-refractivity contribution is 14.0. The molecule has 150 valence electrons. The number of aliphatic imine (C=N–C) groups is 1. The number of nitrogens with one attached hydrogen (secondary N) is 1. The number of carbonyl (C=O) groups excluding carboxylic acids is 1. The minimum atomic E-state index is -0.127. The standard InChI is InChI=1S/C20H30N4O2.HI/c1-14-12-23(13-17(14)19(25)26-4)20(21-3)22-9-10-24-15(2)11-16-7-5-6-8-18(16)24;/h5-8,14-15,17H,9-13H2,1-4H3,(H,21,22);1H. The second-order valence-corrected chi connectivity index (χ2v) is 7.36. The van der Waals surface area contributed by atoms with Gasteiger partial charge in [0.1, 0.15) is 0 Å². The molecule has 2 aliphatic heterocycles. The number of guanidine groups is 1. The Kier molecular flexibility index (Phi) is 7.76. The third-order valence-electron chi connectivity index (χ3n) is 5.61. The molecule has 7 heteroatoms.